The molecule has 2 amide bonds. The number of aliphatic hydroxyl groups excluding tert-OH is 2. The van der Waals surface area contributed by atoms with E-state index in [1.807, 2.05) is 44.3 Å². The minimum atomic E-state index is -0.496. The Morgan fingerprint density at radius 3 is 2.40 bits per heavy atom. The Morgan fingerprint density at radius 2 is 1.65 bits per heavy atom. The number of hydrogen-bond acceptors (Lipinski definition) is 5. The zero-order valence-electron chi connectivity index (χ0n) is 24.7. The first-order valence-electron chi connectivity index (χ1n) is 14.7. The van der Waals surface area contributed by atoms with Gasteiger partial charge in [0, 0.05) is 46.9 Å². The van der Waals surface area contributed by atoms with Crippen molar-refractivity contribution in [2.45, 2.75) is 51.7 Å². The first kappa shape index (κ1) is 31.4. The molecular weight excluding hydrogens is 542 g/mol. The van der Waals surface area contributed by atoms with Gasteiger partial charge in [0.05, 0.1) is 24.3 Å². The molecule has 224 valence electrons. The number of rotatable bonds is 13. The van der Waals surface area contributed by atoms with Crippen LogP contribution in [0.3, 0.4) is 0 Å². The molecule has 8 heteroatoms. The highest BCUT2D eigenvalue weighted by molar-refractivity contribution is 5.97. The van der Waals surface area contributed by atoms with Crippen LogP contribution in [0.5, 0.6) is 5.75 Å². The Bertz CT molecular complexity index is 1580. The van der Waals surface area contributed by atoms with Crippen molar-refractivity contribution in [3.05, 3.63) is 101 Å². The van der Waals surface area contributed by atoms with Crippen LogP contribution in [-0.2, 0) is 6.42 Å². The number of fused-ring (bicyclic) bond motifs is 1. The molecule has 0 aliphatic heterocycles. The van der Waals surface area contributed by atoms with Crippen molar-refractivity contribution in [3.8, 4) is 17.6 Å². The standard InChI is InChI=1S/C35H39N3O5/c1-24(2)43-33-17-14-26(11-10-25-12-15-27(16-13-25)34(41)36-18-6-3-7-19-39)20-31(33)35(42)38-29(23-40)21-28-22-37-32-9-5-4-8-30(28)32/h4-5,8-9,12-17,20,22,24,29,37,39-40H,3,6-7,18-19,21,23H2,1-2H3,(H,36,41)(H,38,42)/t29-/m1/s1. The number of hydrogen-bond donors (Lipinski definition) is 5. The predicted molar refractivity (Wildman–Crippen MR) is 168 cm³/mol. The van der Waals surface area contributed by atoms with Crippen molar-refractivity contribution in [1.29, 1.82) is 0 Å². The summed E-state index contributed by atoms with van der Waals surface area (Å²) >= 11 is 0. The average Bonchev–Trinajstić information content (AvgIpc) is 3.42. The van der Waals surface area contributed by atoms with Crippen molar-refractivity contribution in [2.24, 2.45) is 0 Å². The molecule has 0 radical (unpaired) electrons. The van der Waals surface area contributed by atoms with Crippen LogP contribution in [0.25, 0.3) is 10.9 Å². The summed E-state index contributed by atoms with van der Waals surface area (Å²) in [7, 11) is 0. The number of aliphatic hydroxyl groups is 2. The summed E-state index contributed by atoms with van der Waals surface area (Å²) in [5.41, 5.74) is 4.25. The quantitative estimate of drug-likeness (QED) is 0.117. The van der Waals surface area contributed by atoms with Gasteiger partial charge in [0.15, 0.2) is 0 Å². The van der Waals surface area contributed by atoms with E-state index < -0.39 is 6.04 Å². The summed E-state index contributed by atoms with van der Waals surface area (Å²) in [4.78, 5) is 29.0. The second kappa shape index (κ2) is 15.6. The lowest BCUT2D eigenvalue weighted by Crippen LogP contribution is -2.39. The molecular formula is C35H39N3O5. The number of H-pyrrole nitrogens is 1. The second-order valence-corrected chi connectivity index (χ2v) is 10.7. The van der Waals surface area contributed by atoms with Gasteiger partial charge < -0.3 is 30.6 Å². The van der Waals surface area contributed by atoms with E-state index in [-0.39, 0.29) is 31.1 Å². The number of ether oxygens (including phenoxy) is 1. The molecule has 0 spiro atoms. The third-order valence-electron chi connectivity index (χ3n) is 6.90. The molecule has 1 atom stereocenters. The van der Waals surface area contributed by atoms with E-state index in [9.17, 15) is 14.7 Å². The van der Waals surface area contributed by atoms with Gasteiger partial charge in [0.1, 0.15) is 5.75 Å². The number of carbonyl (C=O) groups excluding carboxylic acids is 2. The topological polar surface area (TPSA) is 124 Å². The van der Waals surface area contributed by atoms with Gasteiger partial charge in [0.25, 0.3) is 11.8 Å². The van der Waals surface area contributed by atoms with Gasteiger partial charge in [-0.2, -0.15) is 0 Å². The first-order chi connectivity index (χ1) is 20.9. The third-order valence-corrected chi connectivity index (χ3v) is 6.90. The number of aromatic amines is 1. The van der Waals surface area contributed by atoms with E-state index in [4.69, 9.17) is 9.84 Å². The van der Waals surface area contributed by atoms with Crippen LogP contribution < -0.4 is 15.4 Å². The van der Waals surface area contributed by atoms with Gasteiger partial charge in [-0.3, -0.25) is 9.59 Å². The van der Waals surface area contributed by atoms with Gasteiger partial charge in [-0.15, -0.1) is 0 Å². The Labute approximate surface area is 252 Å². The summed E-state index contributed by atoms with van der Waals surface area (Å²) < 4.78 is 5.92. The molecule has 5 N–H and O–H groups in total. The van der Waals surface area contributed by atoms with Crippen LogP contribution in [0.4, 0.5) is 0 Å². The van der Waals surface area contributed by atoms with Crippen molar-refractivity contribution in [1.82, 2.24) is 15.6 Å². The van der Waals surface area contributed by atoms with Gasteiger partial charge in [0.2, 0.25) is 0 Å². The Morgan fingerprint density at radius 1 is 0.907 bits per heavy atom. The highest BCUT2D eigenvalue weighted by atomic mass is 16.5. The maximum Gasteiger partial charge on any atom is 0.255 e. The van der Waals surface area contributed by atoms with Crippen molar-refractivity contribution >= 4 is 22.7 Å². The average molecular weight is 582 g/mol. The summed E-state index contributed by atoms with van der Waals surface area (Å²) in [5, 5.41) is 25.8. The summed E-state index contributed by atoms with van der Waals surface area (Å²) in [6.45, 7) is 4.30. The molecule has 4 aromatic rings. The summed E-state index contributed by atoms with van der Waals surface area (Å²) in [5.74, 6) is 6.13. The van der Waals surface area contributed by atoms with Gasteiger partial charge in [-0.25, -0.2) is 0 Å². The normalized spacial score (nSPS) is 11.6. The lowest BCUT2D eigenvalue weighted by Gasteiger charge is -2.19. The molecule has 1 heterocycles. The Kier molecular flexibility index (Phi) is 11.4. The van der Waals surface area contributed by atoms with Gasteiger partial charge in [-0.1, -0.05) is 30.0 Å². The van der Waals surface area contributed by atoms with Crippen LogP contribution >= 0.6 is 0 Å². The number of para-hydroxylation sites is 1. The second-order valence-electron chi connectivity index (χ2n) is 10.7. The van der Waals surface area contributed by atoms with Crippen LogP contribution in [0.15, 0.2) is 72.9 Å². The van der Waals surface area contributed by atoms with E-state index in [1.54, 1.807) is 42.5 Å². The summed E-state index contributed by atoms with van der Waals surface area (Å²) in [6.07, 6.45) is 4.65. The first-order valence-corrected chi connectivity index (χ1v) is 14.7. The number of unbranched alkanes of at least 4 members (excludes halogenated alkanes) is 2. The van der Waals surface area contributed by atoms with E-state index in [2.05, 4.69) is 27.5 Å². The Balaban J connectivity index is 1.46. The van der Waals surface area contributed by atoms with Crippen molar-refractivity contribution in [2.75, 3.05) is 19.8 Å². The van der Waals surface area contributed by atoms with Gasteiger partial charge >= 0.3 is 0 Å². The Hall–Kier alpha value is -4.58. The fourth-order valence-electron chi connectivity index (χ4n) is 4.70. The predicted octanol–water partition coefficient (Wildman–Crippen LogP) is 4.58. The molecule has 1 aromatic heterocycles. The fourth-order valence-corrected chi connectivity index (χ4v) is 4.70. The minimum absolute atomic E-state index is 0.139. The van der Waals surface area contributed by atoms with Gasteiger partial charge in [-0.05, 0) is 93.6 Å². The zero-order chi connectivity index (χ0) is 30.6. The lowest BCUT2D eigenvalue weighted by molar-refractivity contribution is 0.0909. The highest BCUT2D eigenvalue weighted by Crippen LogP contribution is 2.23. The van der Waals surface area contributed by atoms with E-state index >= 15 is 0 Å². The summed E-state index contributed by atoms with van der Waals surface area (Å²) in [6, 6.07) is 19.7. The number of benzene rings is 3. The monoisotopic (exact) mass is 581 g/mol. The maximum absolute atomic E-state index is 13.5. The molecule has 0 aliphatic carbocycles. The van der Waals surface area contributed by atoms with E-state index in [0.29, 0.717) is 35.4 Å². The molecule has 0 aliphatic rings. The SMILES string of the molecule is CC(C)Oc1ccc(C#Cc2ccc(C(=O)NCCCCCO)cc2)cc1C(=O)N[C@@H](CO)Cc1c[nH]c2ccccc12. The van der Waals surface area contributed by atoms with Crippen molar-refractivity contribution < 1.29 is 24.5 Å². The molecule has 0 unspecified atom stereocenters. The minimum Gasteiger partial charge on any atom is -0.490 e. The molecule has 3 aromatic carbocycles. The van der Waals surface area contributed by atoms with E-state index in [0.717, 1.165) is 41.3 Å². The smallest absolute Gasteiger partial charge is 0.255 e. The van der Waals surface area contributed by atoms with Crippen LogP contribution in [-0.4, -0.2) is 58.9 Å². The van der Waals surface area contributed by atoms with Crippen LogP contribution in [0.1, 0.15) is 70.5 Å². The van der Waals surface area contributed by atoms with Crippen LogP contribution in [0, 0.1) is 11.8 Å². The molecule has 4 rings (SSSR count). The number of aromatic nitrogens is 1. The highest BCUT2D eigenvalue weighted by Gasteiger charge is 2.19. The largest absolute Gasteiger partial charge is 0.490 e. The maximum atomic E-state index is 13.5. The molecule has 43 heavy (non-hydrogen) atoms. The molecule has 0 saturated heterocycles. The number of carbonyl (C=O) groups is 2. The fraction of sp³-hybridized carbons (Fsp3) is 0.314. The zero-order valence-corrected chi connectivity index (χ0v) is 24.7. The molecule has 0 fully saturated rings. The number of nitrogens with one attached hydrogen (secondary N) is 3. The third kappa shape index (κ3) is 8.95. The van der Waals surface area contributed by atoms with E-state index in [1.165, 1.54) is 0 Å². The molecule has 8 nitrogen and oxygen atoms in total. The lowest BCUT2D eigenvalue weighted by atomic mass is 10.0. The van der Waals surface area contributed by atoms with Crippen LogP contribution in [0.2, 0.25) is 0 Å². The molecule has 0 saturated carbocycles. The molecule has 0 bridgehead atoms. The van der Waals surface area contributed by atoms with Crippen molar-refractivity contribution in [3.63, 3.8) is 0 Å². The number of amides is 2.